The van der Waals surface area contributed by atoms with Crippen LogP contribution in [0.4, 0.5) is 0 Å². The summed E-state index contributed by atoms with van der Waals surface area (Å²) in [6.45, 7) is 5.63. The summed E-state index contributed by atoms with van der Waals surface area (Å²) in [5.74, 6) is -1.01. The third-order valence-corrected chi connectivity index (χ3v) is 3.41. The van der Waals surface area contributed by atoms with Gasteiger partial charge in [0.2, 0.25) is 0 Å². The van der Waals surface area contributed by atoms with E-state index >= 15 is 0 Å². The lowest BCUT2D eigenvalue weighted by Gasteiger charge is -2.27. The molecule has 1 amide bonds. The Morgan fingerprint density at radius 3 is 2.80 bits per heavy atom. The first kappa shape index (κ1) is 14.6. The van der Waals surface area contributed by atoms with E-state index in [1.807, 2.05) is 0 Å². The number of carbonyl (C=O) groups excluding carboxylic acids is 1. The maximum atomic E-state index is 11.9. The van der Waals surface area contributed by atoms with Gasteiger partial charge in [-0.25, -0.2) is 0 Å². The maximum absolute atomic E-state index is 11.9. The van der Waals surface area contributed by atoms with Crippen molar-refractivity contribution in [3.8, 4) is 11.5 Å². The van der Waals surface area contributed by atoms with E-state index in [4.69, 9.17) is 0 Å². The van der Waals surface area contributed by atoms with E-state index in [1.54, 1.807) is 0 Å². The highest BCUT2D eigenvalue weighted by Crippen LogP contribution is 2.27. The van der Waals surface area contributed by atoms with Gasteiger partial charge in [-0.05, 0) is 25.1 Å². The molecule has 1 aromatic carbocycles. The van der Waals surface area contributed by atoms with Gasteiger partial charge >= 0.3 is 0 Å². The van der Waals surface area contributed by atoms with E-state index in [0.29, 0.717) is 6.54 Å². The summed E-state index contributed by atoms with van der Waals surface area (Å²) in [4.78, 5) is 14.2. The Kier molecular flexibility index (Phi) is 5.20. The molecule has 0 radical (unpaired) electrons. The van der Waals surface area contributed by atoms with Gasteiger partial charge in [-0.2, -0.15) is 0 Å². The Hall–Kier alpha value is -1.79. The highest BCUT2D eigenvalue weighted by Gasteiger charge is 2.13. The fraction of sp³-hybridized carbons (Fsp3) is 0.500. The van der Waals surface area contributed by atoms with E-state index in [0.717, 1.165) is 39.1 Å². The van der Waals surface area contributed by atoms with Crippen molar-refractivity contribution in [2.24, 2.45) is 0 Å². The van der Waals surface area contributed by atoms with Crippen LogP contribution >= 0.6 is 0 Å². The summed E-state index contributed by atoms with van der Waals surface area (Å²) in [6, 6.07) is 4.36. The summed E-state index contributed by atoms with van der Waals surface area (Å²) >= 11 is 0. The van der Waals surface area contributed by atoms with Gasteiger partial charge in [-0.15, -0.1) is 0 Å². The Balaban J connectivity index is 1.73. The summed E-state index contributed by atoms with van der Waals surface area (Å²) in [5, 5.41) is 25.0. The predicted molar refractivity (Wildman–Crippen MR) is 76.0 cm³/mol. The minimum atomic E-state index is -0.368. The number of amides is 1. The smallest absolute Gasteiger partial charge is 0.255 e. The number of hydrogen-bond donors (Lipinski definition) is 4. The molecule has 0 spiro atoms. The largest absolute Gasteiger partial charge is 0.504 e. The van der Waals surface area contributed by atoms with Crippen molar-refractivity contribution >= 4 is 5.91 Å². The van der Waals surface area contributed by atoms with Crippen LogP contribution in [0.25, 0.3) is 0 Å². The Labute approximate surface area is 118 Å². The van der Waals surface area contributed by atoms with Crippen molar-refractivity contribution in [2.75, 3.05) is 39.3 Å². The first-order valence-corrected chi connectivity index (χ1v) is 6.90. The molecule has 20 heavy (non-hydrogen) atoms. The minimum absolute atomic E-state index is 0.104. The Bertz CT molecular complexity index is 459. The van der Waals surface area contributed by atoms with Gasteiger partial charge in [0.15, 0.2) is 11.5 Å². The van der Waals surface area contributed by atoms with Gasteiger partial charge < -0.3 is 25.7 Å². The van der Waals surface area contributed by atoms with Crippen molar-refractivity contribution in [3.63, 3.8) is 0 Å². The first-order valence-electron chi connectivity index (χ1n) is 6.90. The van der Waals surface area contributed by atoms with Gasteiger partial charge in [0, 0.05) is 32.7 Å². The molecule has 0 aliphatic carbocycles. The van der Waals surface area contributed by atoms with Crippen LogP contribution in [-0.2, 0) is 0 Å². The topological polar surface area (TPSA) is 84.8 Å². The molecule has 0 bridgehead atoms. The fourth-order valence-electron chi connectivity index (χ4n) is 2.25. The molecule has 1 saturated heterocycles. The number of benzene rings is 1. The van der Waals surface area contributed by atoms with E-state index in [1.165, 1.54) is 18.2 Å². The van der Waals surface area contributed by atoms with Gasteiger partial charge in [-0.3, -0.25) is 4.79 Å². The maximum Gasteiger partial charge on any atom is 0.255 e. The molecule has 110 valence electrons. The van der Waals surface area contributed by atoms with E-state index < -0.39 is 0 Å². The third kappa shape index (κ3) is 3.85. The number of aromatic hydroxyl groups is 2. The molecular formula is C14H21N3O3. The molecule has 2 rings (SSSR count). The van der Waals surface area contributed by atoms with Crippen LogP contribution in [0.3, 0.4) is 0 Å². The Morgan fingerprint density at radius 1 is 1.30 bits per heavy atom. The zero-order chi connectivity index (χ0) is 14.4. The van der Waals surface area contributed by atoms with Crippen LogP contribution < -0.4 is 10.6 Å². The van der Waals surface area contributed by atoms with Crippen LogP contribution in [-0.4, -0.2) is 60.3 Å². The first-order chi connectivity index (χ1) is 9.68. The quantitative estimate of drug-likeness (QED) is 0.454. The van der Waals surface area contributed by atoms with Gasteiger partial charge in [0.25, 0.3) is 5.91 Å². The van der Waals surface area contributed by atoms with Gasteiger partial charge in [0.05, 0.1) is 5.56 Å². The van der Waals surface area contributed by atoms with Crippen LogP contribution in [0.15, 0.2) is 18.2 Å². The number of piperazine rings is 1. The molecule has 1 aromatic rings. The average molecular weight is 279 g/mol. The van der Waals surface area contributed by atoms with E-state index in [9.17, 15) is 15.0 Å². The third-order valence-electron chi connectivity index (χ3n) is 3.41. The number of nitrogens with one attached hydrogen (secondary N) is 2. The number of rotatable bonds is 5. The second kappa shape index (κ2) is 7.12. The molecule has 0 unspecified atom stereocenters. The minimum Gasteiger partial charge on any atom is -0.504 e. The SMILES string of the molecule is O=C(NCCCN1CCNCC1)c1cccc(O)c1O. The monoisotopic (exact) mass is 279 g/mol. The number of para-hydroxylation sites is 1. The summed E-state index contributed by atoms with van der Waals surface area (Å²) in [5.41, 5.74) is 0.104. The number of phenolic OH excluding ortho intramolecular Hbond substituents is 2. The molecule has 6 nitrogen and oxygen atoms in total. The molecule has 1 aliphatic heterocycles. The molecule has 4 N–H and O–H groups in total. The highest BCUT2D eigenvalue weighted by molar-refractivity contribution is 5.97. The second-order valence-electron chi connectivity index (χ2n) is 4.87. The molecule has 0 aromatic heterocycles. The summed E-state index contributed by atoms with van der Waals surface area (Å²) in [6.07, 6.45) is 0.866. The van der Waals surface area contributed by atoms with Crippen molar-refractivity contribution < 1.29 is 15.0 Å². The van der Waals surface area contributed by atoms with Crippen molar-refractivity contribution in [3.05, 3.63) is 23.8 Å². The van der Waals surface area contributed by atoms with Crippen LogP contribution in [0, 0.1) is 0 Å². The van der Waals surface area contributed by atoms with Gasteiger partial charge in [-0.1, -0.05) is 6.07 Å². The predicted octanol–water partition coefficient (Wildman–Crippen LogP) is 0.123. The molecule has 0 atom stereocenters. The zero-order valence-corrected chi connectivity index (χ0v) is 11.4. The molecular weight excluding hydrogens is 258 g/mol. The molecule has 6 heteroatoms. The second-order valence-corrected chi connectivity index (χ2v) is 4.87. The van der Waals surface area contributed by atoms with Crippen molar-refractivity contribution in [1.29, 1.82) is 0 Å². The number of phenols is 2. The van der Waals surface area contributed by atoms with Gasteiger partial charge in [0.1, 0.15) is 0 Å². The van der Waals surface area contributed by atoms with Crippen LogP contribution in [0.2, 0.25) is 0 Å². The lowest BCUT2D eigenvalue weighted by molar-refractivity contribution is 0.0948. The number of nitrogens with zero attached hydrogens (tertiary/aromatic N) is 1. The zero-order valence-electron chi connectivity index (χ0n) is 11.4. The van der Waals surface area contributed by atoms with E-state index in [-0.39, 0.29) is 23.0 Å². The lowest BCUT2D eigenvalue weighted by Crippen LogP contribution is -2.44. The standard InChI is InChI=1S/C14H21N3O3/c18-12-4-1-3-11(13(12)19)14(20)16-5-2-8-17-9-6-15-7-10-17/h1,3-4,15,18-19H,2,5-10H2,(H,16,20). The van der Waals surface area contributed by atoms with Crippen molar-refractivity contribution in [1.82, 2.24) is 15.5 Å². The average Bonchev–Trinajstić information content (AvgIpc) is 2.47. The highest BCUT2D eigenvalue weighted by atomic mass is 16.3. The number of carbonyl (C=O) groups is 1. The molecule has 1 aliphatic rings. The fourth-order valence-corrected chi connectivity index (χ4v) is 2.25. The molecule has 0 saturated carbocycles. The lowest BCUT2D eigenvalue weighted by atomic mass is 10.1. The molecule has 1 fully saturated rings. The van der Waals surface area contributed by atoms with Crippen LogP contribution in [0.1, 0.15) is 16.8 Å². The molecule has 1 heterocycles. The van der Waals surface area contributed by atoms with E-state index in [2.05, 4.69) is 15.5 Å². The summed E-state index contributed by atoms with van der Waals surface area (Å²) in [7, 11) is 0. The Morgan fingerprint density at radius 2 is 2.05 bits per heavy atom. The van der Waals surface area contributed by atoms with Crippen LogP contribution in [0.5, 0.6) is 11.5 Å². The number of hydrogen-bond acceptors (Lipinski definition) is 5. The normalized spacial score (nSPS) is 16.0. The summed E-state index contributed by atoms with van der Waals surface area (Å²) < 4.78 is 0. The van der Waals surface area contributed by atoms with Crippen molar-refractivity contribution in [2.45, 2.75) is 6.42 Å².